The molecule has 1 saturated heterocycles. The van der Waals surface area contributed by atoms with E-state index in [1.165, 1.54) is 5.57 Å². The molecule has 0 saturated carbocycles. The SMILES string of the molecule is CC(C(=O)NC(C)c1c(C)noc1C)=C1CNC1. The average molecular weight is 249 g/mol. The van der Waals surface area contributed by atoms with Crippen LogP contribution in [0.2, 0.25) is 0 Å². The third-order valence-corrected chi connectivity index (χ3v) is 3.42. The predicted molar refractivity (Wildman–Crippen MR) is 68.1 cm³/mol. The van der Waals surface area contributed by atoms with Gasteiger partial charge in [0, 0.05) is 24.2 Å². The molecule has 0 aliphatic carbocycles. The summed E-state index contributed by atoms with van der Waals surface area (Å²) in [6.45, 7) is 9.19. The van der Waals surface area contributed by atoms with Gasteiger partial charge < -0.3 is 15.2 Å². The Morgan fingerprint density at radius 2 is 2.11 bits per heavy atom. The quantitative estimate of drug-likeness (QED) is 0.794. The van der Waals surface area contributed by atoms with Gasteiger partial charge in [0.05, 0.1) is 11.7 Å². The van der Waals surface area contributed by atoms with Crippen molar-refractivity contribution in [1.29, 1.82) is 0 Å². The second kappa shape index (κ2) is 4.94. The molecule has 2 heterocycles. The second-order valence-electron chi connectivity index (χ2n) is 4.77. The number of aromatic nitrogens is 1. The molecule has 18 heavy (non-hydrogen) atoms. The standard InChI is InChI=1S/C13H19N3O2/c1-7(11-5-14-6-11)13(17)15-8(2)12-9(3)16-18-10(12)4/h8,14H,5-6H2,1-4H3,(H,15,17). The summed E-state index contributed by atoms with van der Waals surface area (Å²) in [5.41, 5.74) is 3.79. The molecule has 0 bridgehead atoms. The first-order chi connectivity index (χ1) is 8.50. The molecule has 0 aromatic carbocycles. The molecule has 98 valence electrons. The van der Waals surface area contributed by atoms with E-state index >= 15 is 0 Å². The minimum absolute atomic E-state index is 0.0148. The number of nitrogens with one attached hydrogen (secondary N) is 2. The average Bonchev–Trinajstić information content (AvgIpc) is 2.55. The van der Waals surface area contributed by atoms with E-state index in [0.29, 0.717) is 0 Å². The summed E-state index contributed by atoms with van der Waals surface area (Å²) < 4.78 is 5.11. The van der Waals surface area contributed by atoms with E-state index in [1.54, 1.807) is 0 Å². The van der Waals surface area contributed by atoms with Gasteiger partial charge in [0.15, 0.2) is 0 Å². The van der Waals surface area contributed by atoms with Crippen LogP contribution in [0.1, 0.15) is 36.9 Å². The Bertz CT molecular complexity index is 477. The van der Waals surface area contributed by atoms with Crippen molar-refractivity contribution >= 4 is 5.91 Å². The number of rotatable bonds is 3. The van der Waals surface area contributed by atoms with Crippen LogP contribution in [-0.4, -0.2) is 24.2 Å². The van der Waals surface area contributed by atoms with Gasteiger partial charge in [0.25, 0.3) is 0 Å². The lowest BCUT2D eigenvalue weighted by Gasteiger charge is -2.22. The fraction of sp³-hybridized carbons (Fsp3) is 0.538. The first-order valence-corrected chi connectivity index (χ1v) is 6.13. The summed E-state index contributed by atoms with van der Waals surface area (Å²) in [7, 11) is 0. The molecule has 2 N–H and O–H groups in total. The summed E-state index contributed by atoms with van der Waals surface area (Å²) in [6, 6.07) is -0.0904. The zero-order valence-corrected chi connectivity index (χ0v) is 11.3. The monoisotopic (exact) mass is 249 g/mol. The Balaban J connectivity index is 2.08. The van der Waals surface area contributed by atoms with E-state index in [0.717, 1.165) is 35.7 Å². The molecule has 1 aromatic rings. The van der Waals surface area contributed by atoms with Crippen molar-refractivity contribution in [2.24, 2.45) is 0 Å². The minimum atomic E-state index is -0.0904. The lowest BCUT2D eigenvalue weighted by molar-refractivity contribution is -0.118. The van der Waals surface area contributed by atoms with Gasteiger partial charge in [-0.25, -0.2) is 0 Å². The maximum atomic E-state index is 12.1. The number of carbonyl (C=O) groups excluding carboxylic acids is 1. The van der Waals surface area contributed by atoms with Crippen LogP contribution in [0.3, 0.4) is 0 Å². The van der Waals surface area contributed by atoms with Crippen molar-refractivity contribution in [2.75, 3.05) is 13.1 Å². The maximum Gasteiger partial charge on any atom is 0.247 e. The van der Waals surface area contributed by atoms with E-state index in [9.17, 15) is 4.79 Å². The molecule has 0 radical (unpaired) electrons. The highest BCUT2D eigenvalue weighted by Crippen LogP contribution is 2.21. The Labute approximate surface area is 107 Å². The van der Waals surface area contributed by atoms with Crippen LogP contribution >= 0.6 is 0 Å². The Kier molecular flexibility index (Phi) is 3.52. The fourth-order valence-electron chi connectivity index (χ4n) is 2.16. The fourth-order valence-corrected chi connectivity index (χ4v) is 2.16. The second-order valence-corrected chi connectivity index (χ2v) is 4.77. The van der Waals surface area contributed by atoms with Crippen LogP contribution in [0.4, 0.5) is 0 Å². The summed E-state index contributed by atoms with van der Waals surface area (Å²) in [5.74, 6) is 0.745. The molecule has 1 aromatic heterocycles. The van der Waals surface area contributed by atoms with Crippen molar-refractivity contribution in [1.82, 2.24) is 15.8 Å². The lowest BCUT2D eigenvalue weighted by Crippen LogP contribution is -2.38. The molecular weight excluding hydrogens is 230 g/mol. The number of hydrogen-bond acceptors (Lipinski definition) is 4. The highest BCUT2D eigenvalue weighted by atomic mass is 16.5. The summed E-state index contributed by atoms with van der Waals surface area (Å²) >= 11 is 0. The molecule has 5 nitrogen and oxygen atoms in total. The smallest absolute Gasteiger partial charge is 0.247 e. The summed E-state index contributed by atoms with van der Waals surface area (Å²) in [6.07, 6.45) is 0. The molecule has 1 fully saturated rings. The van der Waals surface area contributed by atoms with E-state index in [1.807, 2.05) is 27.7 Å². The van der Waals surface area contributed by atoms with Crippen molar-refractivity contribution < 1.29 is 9.32 Å². The third kappa shape index (κ3) is 2.31. The van der Waals surface area contributed by atoms with Crippen LogP contribution in [0, 0.1) is 13.8 Å². The number of carbonyl (C=O) groups is 1. The topological polar surface area (TPSA) is 67.2 Å². The normalized spacial score (nSPS) is 16.1. The molecule has 1 amide bonds. The molecule has 1 unspecified atom stereocenters. The van der Waals surface area contributed by atoms with E-state index in [-0.39, 0.29) is 11.9 Å². The van der Waals surface area contributed by atoms with Crippen LogP contribution in [-0.2, 0) is 4.79 Å². The van der Waals surface area contributed by atoms with Gasteiger partial charge >= 0.3 is 0 Å². The van der Waals surface area contributed by atoms with Crippen LogP contribution < -0.4 is 10.6 Å². The molecule has 0 spiro atoms. The molecule has 5 heteroatoms. The highest BCUT2D eigenvalue weighted by Gasteiger charge is 2.21. The van der Waals surface area contributed by atoms with Crippen molar-refractivity contribution in [3.63, 3.8) is 0 Å². The van der Waals surface area contributed by atoms with Gasteiger partial charge in [-0.15, -0.1) is 0 Å². The number of nitrogens with zero attached hydrogens (tertiary/aromatic N) is 1. The van der Waals surface area contributed by atoms with Crippen molar-refractivity contribution in [3.05, 3.63) is 28.2 Å². The molecule has 1 atom stereocenters. The molecule has 2 rings (SSSR count). The summed E-state index contributed by atoms with van der Waals surface area (Å²) in [4.78, 5) is 12.1. The van der Waals surface area contributed by atoms with Gasteiger partial charge in [-0.3, -0.25) is 4.79 Å². The van der Waals surface area contributed by atoms with Gasteiger partial charge in [-0.05, 0) is 33.3 Å². The van der Waals surface area contributed by atoms with Gasteiger partial charge in [-0.2, -0.15) is 0 Å². The Morgan fingerprint density at radius 1 is 1.44 bits per heavy atom. The number of amides is 1. The van der Waals surface area contributed by atoms with Crippen LogP contribution in [0.25, 0.3) is 0 Å². The molecule has 1 aliphatic heterocycles. The lowest BCUT2D eigenvalue weighted by atomic mass is 10.0. The predicted octanol–water partition coefficient (Wildman–Crippen LogP) is 1.39. The van der Waals surface area contributed by atoms with Crippen molar-refractivity contribution in [2.45, 2.75) is 33.7 Å². The summed E-state index contributed by atoms with van der Waals surface area (Å²) in [5, 5.41) is 10.0. The van der Waals surface area contributed by atoms with Gasteiger partial charge in [-0.1, -0.05) is 5.16 Å². The zero-order valence-electron chi connectivity index (χ0n) is 11.3. The largest absolute Gasteiger partial charge is 0.361 e. The Morgan fingerprint density at radius 3 is 2.56 bits per heavy atom. The minimum Gasteiger partial charge on any atom is -0.361 e. The van der Waals surface area contributed by atoms with E-state index in [4.69, 9.17) is 4.52 Å². The third-order valence-electron chi connectivity index (χ3n) is 3.42. The van der Waals surface area contributed by atoms with Gasteiger partial charge in [0.2, 0.25) is 5.91 Å². The Hall–Kier alpha value is -1.62. The van der Waals surface area contributed by atoms with Crippen LogP contribution in [0.5, 0.6) is 0 Å². The van der Waals surface area contributed by atoms with E-state index in [2.05, 4.69) is 15.8 Å². The van der Waals surface area contributed by atoms with E-state index < -0.39 is 0 Å². The first-order valence-electron chi connectivity index (χ1n) is 6.13. The number of aryl methyl sites for hydroxylation is 2. The zero-order chi connectivity index (χ0) is 13.3. The first kappa shape index (κ1) is 12.8. The number of hydrogen-bond donors (Lipinski definition) is 2. The van der Waals surface area contributed by atoms with Crippen molar-refractivity contribution in [3.8, 4) is 0 Å². The van der Waals surface area contributed by atoms with Crippen LogP contribution in [0.15, 0.2) is 15.7 Å². The van der Waals surface area contributed by atoms with Gasteiger partial charge in [0.1, 0.15) is 5.76 Å². The molecule has 1 aliphatic rings. The molecular formula is C13H19N3O2. The highest BCUT2D eigenvalue weighted by molar-refractivity contribution is 5.94. The maximum absolute atomic E-state index is 12.1.